The summed E-state index contributed by atoms with van der Waals surface area (Å²) in [5.74, 6) is 1.11. The van der Waals surface area contributed by atoms with Crippen LogP contribution in [0.25, 0.3) is 16.3 Å². The van der Waals surface area contributed by atoms with E-state index in [0.29, 0.717) is 33.7 Å². The number of carbonyl (C=O) groups is 1. The fourth-order valence-electron chi connectivity index (χ4n) is 3.26. The van der Waals surface area contributed by atoms with Crippen molar-refractivity contribution in [3.8, 4) is 11.5 Å². The lowest BCUT2D eigenvalue weighted by molar-refractivity contribution is -0.114. The van der Waals surface area contributed by atoms with Gasteiger partial charge in [0, 0.05) is 11.1 Å². The van der Waals surface area contributed by atoms with Crippen LogP contribution in [-0.4, -0.2) is 25.1 Å². The molecule has 4 aromatic rings. The number of nitrogens with zero attached hydrogens (tertiary/aromatic N) is 2. The molecule has 0 radical (unpaired) electrons. The Kier molecular flexibility index (Phi) is 6.73. The summed E-state index contributed by atoms with van der Waals surface area (Å²) in [6.45, 7) is 0.372. The van der Waals surface area contributed by atoms with Gasteiger partial charge in [0.2, 0.25) is 0 Å². The van der Waals surface area contributed by atoms with Crippen LogP contribution in [0.15, 0.2) is 72.8 Å². The van der Waals surface area contributed by atoms with Crippen LogP contribution in [0.4, 0.5) is 5.13 Å². The number of benzene rings is 3. The van der Waals surface area contributed by atoms with Crippen molar-refractivity contribution in [2.45, 2.75) is 6.54 Å². The van der Waals surface area contributed by atoms with Crippen LogP contribution in [0.2, 0.25) is 5.02 Å². The van der Waals surface area contributed by atoms with Crippen LogP contribution in [0, 0.1) is 0 Å². The van der Waals surface area contributed by atoms with Gasteiger partial charge in [-0.05, 0) is 35.4 Å². The molecule has 4 rings (SSSR count). The maximum atomic E-state index is 13.3. The first-order valence-corrected chi connectivity index (χ1v) is 11.1. The Balaban J connectivity index is 1.76. The predicted molar refractivity (Wildman–Crippen MR) is 131 cm³/mol. The Morgan fingerprint density at radius 2 is 1.69 bits per heavy atom. The Bertz CT molecular complexity index is 1230. The van der Waals surface area contributed by atoms with E-state index in [0.717, 1.165) is 15.8 Å². The predicted octanol–water partition coefficient (Wildman–Crippen LogP) is 6.21. The maximum Gasteiger partial charge on any atom is 0.253 e. The molecule has 7 heteroatoms. The smallest absolute Gasteiger partial charge is 0.253 e. The van der Waals surface area contributed by atoms with E-state index in [1.807, 2.05) is 60.7 Å². The molecule has 0 aliphatic heterocycles. The molecular weight excluding hydrogens is 444 g/mol. The van der Waals surface area contributed by atoms with E-state index in [1.165, 1.54) is 17.4 Å². The number of hydrogen-bond acceptors (Lipinski definition) is 5. The standard InChI is InChI=1S/C25H21ClN2O3S/c1-30-20-13-14-21(31-2)24-23(20)27-25(32-24)28(16-17-8-4-3-5-9-17)22(29)15-12-18-10-6-7-11-19(18)26/h3-15H,16H2,1-2H3/b15-12+. The van der Waals surface area contributed by atoms with Crippen molar-refractivity contribution in [3.05, 3.63) is 89.0 Å². The maximum absolute atomic E-state index is 13.3. The van der Waals surface area contributed by atoms with Crippen molar-refractivity contribution in [2.24, 2.45) is 0 Å². The van der Waals surface area contributed by atoms with Gasteiger partial charge in [-0.25, -0.2) is 4.98 Å². The molecule has 32 heavy (non-hydrogen) atoms. The third-order valence-corrected chi connectivity index (χ3v) is 6.33. The second-order valence-corrected chi connectivity index (χ2v) is 8.29. The van der Waals surface area contributed by atoms with Gasteiger partial charge in [-0.1, -0.05) is 71.5 Å². The Morgan fingerprint density at radius 3 is 2.41 bits per heavy atom. The lowest BCUT2D eigenvalue weighted by atomic mass is 10.2. The topological polar surface area (TPSA) is 51.7 Å². The summed E-state index contributed by atoms with van der Waals surface area (Å²) in [7, 11) is 3.21. The number of amides is 1. The highest BCUT2D eigenvalue weighted by atomic mass is 35.5. The molecule has 1 aromatic heterocycles. The molecule has 0 atom stereocenters. The van der Waals surface area contributed by atoms with Crippen LogP contribution < -0.4 is 14.4 Å². The summed E-state index contributed by atoms with van der Waals surface area (Å²) in [6.07, 6.45) is 3.24. The van der Waals surface area contributed by atoms with Crippen LogP contribution in [-0.2, 0) is 11.3 Å². The van der Waals surface area contributed by atoms with Gasteiger partial charge in [0.25, 0.3) is 5.91 Å². The molecule has 0 bridgehead atoms. The molecule has 3 aromatic carbocycles. The van der Waals surface area contributed by atoms with Crippen molar-refractivity contribution < 1.29 is 14.3 Å². The first kappa shape index (κ1) is 21.9. The Hall–Kier alpha value is -3.35. The second-order valence-electron chi connectivity index (χ2n) is 6.91. The molecule has 0 N–H and O–H groups in total. The minimum Gasteiger partial charge on any atom is -0.495 e. The first-order chi connectivity index (χ1) is 15.6. The first-order valence-electron chi connectivity index (χ1n) is 9.90. The van der Waals surface area contributed by atoms with E-state index in [2.05, 4.69) is 0 Å². The number of carbonyl (C=O) groups excluding carboxylic acids is 1. The fourth-order valence-corrected chi connectivity index (χ4v) is 4.53. The van der Waals surface area contributed by atoms with E-state index in [1.54, 1.807) is 31.3 Å². The number of aromatic nitrogens is 1. The molecule has 0 fully saturated rings. The number of thiazole rings is 1. The quantitative estimate of drug-likeness (QED) is 0.305. The van der Waals surface area contributed by atoms with E-state index in [9.17, 15) is 4.79 Å². The second kappa shape index (κ2) is 9.85. The van der Waals surface area contributed by atoms with Gasteiger partial charge in [0.15, 0.2) is 5.13 Å². The Labute approximate surface area is 195 Å². The number of rotatable bonds is 7. The van der Waals surface area contributed by atoms with Crippen molar-refractivity contribution in [3.63, 3.8) is 0 Å². The third-order valence-electron chi connectivity index (χ3n) is 4.89. The average molecular weight is 465 g/mol. The van der Waals surface area contributed by atoms with E-state index in [-0.39, 0.29) is 5.91 Å². The zero-order chi connectivity index (χ0) is 22.5. The van der Waals surface area contributed by atoms with Crippen molar-refractivity contribution >= 4 is 50.3 Å². The van der Waals surface area contributed by atoms with Gasteiger partial charge in [0.1, 0.15) is 21.7 Å². The van der Waals surface area contributed by atoms with Gasteiger partial charge >= 0.3 is 0 Å². The number of hydrogen-bond donors (Lipinski definition) is 0. The lowest BCUT2D eigenvalue weighted by Gasteiger charge is -2.18. The van der Waals surface area contributed by atoms with Crippen LogP contribution in [0.1, 0.15) is 11.1 Å². The lowest BCUT2D eigenvalue weighted by Crippen LogP contribution is -2.28. The molecular formula is C25H21ClN2O3S. The third kappa shape index (κ3) is 4.61. The molecule has 0 unspecified atom stereocenters. The zero-order valence-electron chi connectivity index (χ0n) is 17.6. The van der Waals surface area contributed by atoms with Gasteiger partial charge in [-0.15, -0.1) is 0 Å². The highest BCUT2D eigenvalue weighted by Gasteiger charge is 2.21. The van der Waals surface area contributed by atoms with Crippen molar-refractivity contribution in [1.82, 2.24) is 4.98 Å². The number of anilines is 1. The molecule has 0 aliphatic carbocycles. The van der Waals surface area contributed by atoms with Crippen LogP contribution in [0.3, 0.4) is 0 Å². The summed E-state index contributed by atoms with van der Waals surface area (Å²) in [5, 5.41) is 1.14. The highest BCUT2D eigenvalue weighted by molar-refractivity contribution is 7.22. The normalized spacial score (nSPS) is 11.1. The summed E-state index contributed by atoms with van der Waals surface area (Å²) in [5.41, 5.74) is 2.42. The van der Waals surface area contributed by atoms with Crippen LogP contribution in [0.5, 0.6) is 11.5 Å². The molecule has 5 nitrogen and oxygen atoms in total. The number of fused-ring (bicyclic) bond motifs is 1. The number of methoxy groups -OCH3 is 2. The van der Waals surface area contributed by atoms with Crippen molar-refractivity contribution in [2.75, 3.05) is 19.1 Å². The SMILES string of the molecule is COc1ccc(OC)c2sc(N(Cc3ccccc3)C(=O)/C=C/c3ccccc3Cl)nc12. The fraction of sp³-hybridized carbons (Fsp3) is 0.120. The highest BCUT2D eigenvalue weighted by Crippen LogP contribution is 2.40. The van der Waals surface area contributed by atoms with E-state index >= 15 is 0 Å². The average Bonchev–Trinajstić information content (AvgIpc) is 3.27. The molecule has 0 spiro atoms. The van der Waals surface area contributed by atoms with Gasteiger partial charge in [-0.2, -0.15) is 0 Å². The van der Waals surface area contributed by atoms with E-state index < -0.39 is 0 Å². The largest absolute Gasteiger partial charge is 0.495 e. The molecule has 0 saturated heterocycles. The minimum absolute atomic E-state index is 0.203. The number of halogens is 1. The van der Waals surface area contributed by atoms with E-state index in [4.69, 9.17) is 26.1 Å². The molecule has 1 heterocycles. The molecule has 0 saturated carbocycles. The summed E-state index contributed by atoms with van der Waals surface area (Å²) in [6, 6.07) is 20.8. The van der Waals surface area contributed by atoms with Gasteiger partial charge in [0.05, 0.1) is 20.8 Å². The van der Waals surface area contributed by atoms with Crippen molar-refractivity contribution in [1.29, 1.82) is 0 Å². The Morgan fingerprint density at radius 1 is 1.00 bits per heavy atom. The zero-order valence-corrected chi connectivity index (χ0v) is 19.2. The van der Waals surface area contributed by atoms with Crippen LogP contribution >= 0.6 is 22.9 Å². The molecule has 1 amide bonds. The van der Waals surface area contributed by atoms with Gasteiger partial charge in [-0.3, -0.25) is 9.69 Å². The monoisotopic (exact) mass is 464 g/mol. The minimum atomic E-state index is -0.203. The summed E-state index contributed by atoms with van der Waals surface area (Å²) < 4.78 is 11.8. The summed E-state index contributed by atoms with van der Waals surface area (Å²) in [4.78, 5) is 19.7. The number of ether oxygens (including phenoxy) is 2. The molecule has 0 aliphatic rings. The van der Waals surface area contributed by atoms with Gasteiger partial charge < -0.3 is 9.47 Å². The molecule has 162 valence electrons. The summed E-state index contributed by atoms with van der Waals surface area (Å²) >= 11 is 7.63.